The molecular weight excluding hydrogens is 425 g/mol. The molecule has 2 aliphatic heterocycles. The van der Waals surface area contributed by atoms with Gasteiger partial charge in [-0.25, -0.2) is 13.4 Å². The van der Waals surface area contributed by atoms with E-state index in [1.54, 1.807) is 0 Å². The maximum atomic E-state index is 11.6. The van der Waals surface area contributed by atoms with Crippen LogP contribution >= 0.6 is 24.0 Å². The first kappa shape index (κ1) is 20.7. The van der Waals surface area contributed by atoms with Crippen LogP contribution in [0.5, 0.6) is 0 Å². The lowest BCUT2D eigenvalue weighted by Crippen LogP contribution is -2.46. The number of hydrogen-bond acceptors (Lipinski definition) is 3. The number of sulfone groups is 1. The molecule has 1 unspecified atom stereocenters. The Morgan fingerprint density at radius 3 is 2.48 bits per heavy atom. The maximum Gasteiger partial charge on any atom is 0.194 e. The summed E-state index contributed by atoms with van der Waals surface area (Å²) in [6.45, 7) is 11.5. The van der Waals surface area contributed by atoms with Crippen molar-refractivity contribution in [2.75, 3.05) is 37.7 Å². The first-order chi connectivity index (χ1) is 10.4. The van der Waals surface area contributed by atoms with E-state index in [9.17, 15) is 8.42 Å². The summed E-state index contributed by atoms with van der Waals surface area (Å²) >= 11 is 0. The molecule has 1 N–H and O–H groups in total. The Morgan fingerprint density at radius 2 is 1.96 bits per heavy atom. The van der Waals surface area contributed by atoms with Gasteiger partial charge in [-0.15, -0.1) is 24.0 Å². The molecule has 0 aliphatic carbocycles. The highest BCUT2D eigenvalue weighted by atomic mass is 127. The average Bonchev–Trinajstić information content (AvgIpc) is 2.79. The lowest BCUT2D eigenvalue weighted by Gasteiger charge is -2.33. The van der Waals surface area contributed by atoms with Crippen LogP contribution in [-0.4, -0.2) is 57.0 Å². The van der Waals surface area contributed by atoms with Gasteiger partial charge in [-0.05, 0) is 38.0 Å². The van der Waals surface area contributed by atoms with Gasteiger partial charge in [-0.3, -0.25) is 0 Å². The first-order valence-corrected chi connectivity index (χ1v) is 10.1. The molecule has 0 spiro atoms. The zero-order chi connectivity index (χ0) is 16.2. The summed E-state index contributed by atoms with van der Waals surface area (Å²) in [6, 6.07) is 0. The number of guanidine groups is 1. The second-order valence-corrected chi connectivity index (χ2v) is 9.15. The van der Waals surface area contributed by atoms with E-state index in [0.29, 0.717) is 24.6 Å². The van der Waals surface area contributed by atoms with Gasteiger partial charge in [0, 0.05) is 19.6 Å². The van der Waals surface area contributed by atoms with Crippen molar-refractivity contribution in [3.05, 3.63) is 12.2 Å². The summed E-state index contributed by atoms with van der Waals surface area (Å²) in [5.74, 6) is 2.55. The molecule has 2 heterocycles. The molecule has 2 fully saturated rings. The third-order valence-corrected chi connectivity index (χ3v) is 6.29. The van der Waals surface area contributed by atoms with Crippen molar-refractivity contribution < 1.29 is 8.42 Å². The van der Waals surface area contributed by atoms with E-state index in [-0.39, 0.29) is 29.9 Å². The second-order valence-electron chi connectivity index (χ2n) is 6.92. The van der Waals surface area contributed by atoms with Gasteiger partial charge in [-0.2, -0.15) is 0 Å². The maximum absolute atomic E-state index is 11.6. The van der Waals surface area contributed by atoms with Crippen LogP contribution in [0.15, 0.2) is 17.1 Å². The van der Waals surface area contributed by atoms with Gasteiger partial charge in [-0.1, -0.05) is 19.1 Å². The molecule has 5 nitrogen and oxygen atoms in total. The van der Waals surface area contributed by atoms with Crippen LogP contribution in [0.25, 0.3) is 0 Å². The molecule has 0 bridgehead atoms. The molecule has 2 saturated heterocycles. The number of likely N-dealkylation sites (tertiary alicyclic amines) is 1. The summed E-state index contributed by atoms with van der Waals surface area (Å²) in [5, 5.41) is 3.41. The molecule has 0 aromatic carbocycles. The third-order valence-electron chi connectivity index (χ3n) is 4.46. The topological polar surface area (TPSA) is 61.8 Å². The molecule has 0 aromatic rings. The largest absolute Gasteiger partial charge is 0.356 e. The standard InChI is InChI=1S/C16H29N3O2S.HI/c1-13(2)10-17-16(19-7-4-14(3)5-8-19)18-11-15-6-9-22(20,21)12-15;/h14-15H,1,4-12H2,2-3H3,(H,17,18);1H. The normalized spacial score (nSPS) is 25.0. The molecule has 7 heteroatoms. The van der Waals surface area contributed by atoms with E-state index in [1.807, 2.05) is 6.92 Å². The smallest absolute Gasteiger partial charge is 0.194 e. The Morgan fingerprint density at radius 1 is 1.30 bits per heavy atom. The molecule has 1 atom stereocenters. The quantitative estimate of drug-likeness (QED) is 0.306. The van der Waals surface area contributed by atoms with Gasteiger partial charge in [0.1, 0.15) is 0 Å². The number of halogens is 1. The van der Waals surface area contributed by atoms with Crippen molar-refractivity contribution in [3.8, 4) is 0 Å². The van der Waals surface area contributed by atoms with Crippen LogP contribution in [0, 0.1) is 11.8 Å². The van der Waals surface area contributed by atoms with Gasteiger partial charge >= 0.3 is 0 Å². The highest BCUT2D eigenvalue weighted by Crippen LogP contribution is 2.19. The predicted octanol–water partition coefficient (Wildman–Crippen LogP) is 2.29. The lowest BCUT2D eigenvalue weighted by molar-refractivity contribution is 0.272. The van der Waals surface area contributed by atoms with Crippen molar-refractivity contribution >= 4 is 39.8 Å². The van der Waals surface area contributed by atoms with E-state index in [2.05, 4.69) is 28.7 Å². The summed E-state index contributed by atoms with van der Waals surface area (Å²) in [7, 11) is -2.81. The highest BCUT2D eigenvalue weighted by molar-refractivity contribution is 14.0. The molecule has 23 heavy (non-hydrogen) atoms. The minimum Gasteiger partial charge on any atom is -0.356 e. The fraction of sp³-hybridized carbons (Fsp3) is 0.812. The monoisotopic (exact) mass is 455 g/mol. The molecule has 0 radical (unpaired) electrons. The van der Waals surface area contributed by atoms with Gasteiger partial charge in [0.2, 0.25) is 0 Å². The molecule has 0 saturated carbocycles. The minimum absolute atomic E-state index is 0. The SMILES string of the molecule is C=C(C)CN=C(NCC1CCS(=O)(=O)C1)N1CCC(C)CC1.I. The molecular formula is C16H30IN3O2S. The third kappa shape index (κ3) is 6.99. The number of nitrogens with one attached hydrogen (secondary N) is 1. The van der Waals surface area contributed by atoms with Gasteiger partial charge < -0.3 is 10.2 Å². The van der Waals surface area contributed by atoms with Crippen LogP contribution in [0.2, 0.25) is 0 Å². The van der Waals surface area contributed by atoms with Crippen molar-refractivity contribution in [3.63, 3.8) is 0 Å². The molecule has 134 valence electrons. The van der Waals surface area contributed by atoms with Crippen molar-refractivity contribution in [2.24, 2.45) is 16.8 Å². The van der Waals surface area contributed by atoms with E-state index in [1.165, 1.54) is 12.8 Å². The number of hydrogen-bond donors (Lipinski definition) is 1. The Kier molecular flexibility index (Phi) is 8.33. The predicted molar refractivity (Wildman–Crippen MR) is 107 cm³/mol. The van der Waals surface area contributed by atoms with Gasteiger partial charge in [0.05, 0.1) is 18.1 Å². The summed E-state index contributed by atoms with van der Waals surface area (Å²) in [4.78, 5) is 6.95. The van der Waals surface area contributed by atoms with Gasteiger partial charge in [0.15, 0.2) is 15.8 Å². The number of rotatable bonds is 4. The number of piperidine rings is 1. The Hall–Kier alpha value is -0.310. The van der Waals surface area contributed by atoms with Crippen LogP contribution in [0.3, 0.4) is 0 Å². The Balaban J connectivity index is 0.00000264. The molecule has 2 rings (SSSR count). The van der Waals surface area contributed by atoms with Crippen LogP contribution < -0.4 is 5.32 Å². The van der Waals surface area contributed by atoms with Crippen LogP contribution in [-0.2, 0) is 9.84 Å². The van der Waals surface area contributed by atoms with Gasteiger partial charge in [0.25, 0.3) is 0 Å². The second kappa shape index (κ2) is 9.25. The highest BCUT2D eigenvalue weighted by Gasteiger charge is 2.28. The van der Waals surface area contributed by atoms with Crippen LogP contribution in [0.4, 0.5) is 0 Å². The van der Waals surface area contributed by atoms with E-state index < -0.39 is 9.84 Å². The van der Waals surface area contributed by atoms with Crippen molar-refractivity contribution in [1.82, 2.24) is 10.2 Å². The molecule has 0 amide bonds. The van der Waals surface area contributed by atoms with E-state index in [4.69, 9.17) is 0 Å². The molecule has 0 aromatic heterocycles. The lowest BCUT2D eigenvalue weighted by atomic mass is 9.99. The number of aliphatic imine (C=N–C) groups is 1. The Labute approximate surface area is 157 Å². The van der Waals surface area contributed by atoms with E-state index >= 15 is 0 Å². The summed E-state index contributed by atoms with van der Waals surface area (Å²) in [5.41, 5.74) is 1.04. The zero-order valence-corrected chi connectivity index (χ0v) is 17.4. The number of nitrogens with zero attached hydrogens (tertiary/aromatic N) is 2. The average molecular weight is 455 g/mol. The van der Waals surface area contributed by atoms with E-state index in [0.717, 1.165) is 37.0 Å². The van der Waals surface area contributed by atoms with Crippen molar-refractivity contribution in [1.29, 1.82) is 0 Å². The summed E-state index contributed by atoms with van der Waals surface area (Å²) in [6.07, 6.45) is 3.14. The van der Waals surface area contributed by atoms with Crippen LogP contribution in [0.1, 0.15) is 33.1 Å². The Bertz CT molecular complexity index is 525. The molecule has 2 aliphatic rings. The fourth-order valence-corrected chi connectivity index (χ4v) is 4.83. The van der Waals surface area contributed by atoms with Crippen molar-refractivity contribution in [2.45, 2.75) is 33.1 Å². The summed E-state index contributed by atoms with van der Waals surface area (Å²) < 4.78 is 23.1. The minimum atomic E-state index is -2.81. The zero-order valence-electron chi connectivity index (χ0n) is 14.3. The fourth-order valence-electron chi connectivity index (χ4n) is 2.97. The first-order valence-electron chi connectivity index (χ1n) is 8.24.